The van der Waals surface area contributed by atoms with Crippen LogP contribution in [0.5, 0.6) is 5.75 Å². The van der Waals surface area contributed by atoms with Crippen LogP contribution in [0.4, 0.5) is 5.69 Å². The van der Waals surface area contributed by atoms with Gasteiger partial charge in [0.15, 0.2) is 6.61 Å². The Bertz CT molecular complexity index is 737. The molecule has 0 aromatic heterocycles. The number of rotatable bonds is 4. The van der Waals surface area contributed by atoms with Gasteiger partial charge in [-0.15, -0.1) is 0 Å². The summed E-state index contributed by atoms with van der Waals surface area (Å²) in [6, 6.07) is 5.17. The maximum atomic E-state index is 12.9. The van der Waals surface area contributed by atoms with Crippen molar-refractivity contribution in [1.82, 2.24) is 9.80 Å². The quantitative estimate of drug-likeness (QED) is 0.806. The lowest BCUT2D eigenvalue weighted by Crippen LogP contribution is -2.52. The summed E-state index contributed by atoms with van der Waals surface area (Å²) in [6.07, 6.45) is 1.69. The molecule has 7 nitrogen and oxygen atoms in total. The minimum absolute atomic E-state index is 0.0172. The average molecular weight is 373 g/mol. The lowest BCUT2D eigenvalue weighted by molar-refractivity contribution is -0.137. The van der Waals surface area contributed by atoms with E-state index in [9.17, 15) is 14.4 Å². The lowest BCUT2D eigenvalue weighted by Gasteiger charge is -2.36. The van der Waals surface area contributed by atoms with Crippen molar-refractivity contribution in [3.05, 3.63) is 23.8 Å². The monoisotopic (exact) mass is 373 g/mol. The van der Waals surface area contributed by atoms with Gasteiger partial charge in [-0.2, -0.15) is 0 Å². The smallest absolute Gasteiger partial charge is 0.264 e. The number of nitrogens with zero attached hydrogens (tertiary/aromatic N) is 3. The van der Waals surface area contributed by atoms with Crippen molar-refractivity contribution in [2.45, 2.75) is 26.7 Å². The molecule has 2 aliphatic heterocycles. The molecule has 3 rings (SSSR count). The maximum Gasteiger partial charge on any atom is 0.264 e. The Labute approximate surface area is 159 Å². The highest BCUT2D eigenvalue weighted by Gasteiger charge is 2.29. The molecule has 0 N–H and O–H groups in total. The number of hydrogen-bond donors (Lipinski definition) is 0. The van der Waals surface area contributed by atoms with Crippen LogP contribution in [0.1, 0.15) is 37.0 Å². The number of fused-ring (bicyclic) bond motifs is 1. The molecule has 0 bridgehead atoms. The van der Waals surface area contributed by atoms with Crippen molar-refractivity contribution in [1.29, 1.82) is 0 Å². The highest BCUT2D eigenvalue weighted by atomic mass is 16.5. The van der Waals surface area contributed by atoms with Crippen molar-refractivity contribution in [2.75, 3.05) is 44.7 Å². The van der Waals surface area contributed by atoms with Gasteiger partial charge in [0, 0.05) is 44.7 Å². The van der Waals surface area contributed by atoms with E-state index in [1.54, 1.807) is 30.1 Å². The van der Waals surface area contributed by atoms with Crippen molar-refractivity contribution < 1.29 is 19.1 Å². The molecule has 0 spiro atoms. The van der Waals surface area contributed by atoms with E-state index in [2.05, 4.69) is 0 Å². The van der Waals surface area contributed by atoms with Gasteiger partial charge in [-0.3, -0.25) is 14.4 Å². The van der Waals surface area contributed by atoms with E-state index in [1.165, 1.54) is 4.90 Å². The first-order valence-electron chi connectivity index (χ1n) is 9.57. The fraction of sp³-hybridized carbons (Fsp3) is 0.550. The minimum Gasteiger partial charge on any atom is -0.482 e. The fourth-order valence-electron chi connectivity index (χ4n) is 3.61. The van der Waals surface area contributed by atoms with E-state index in [-0.39, 0.29) is 30.2 Å². The van der Waals surface area contributed by atoms with Crippen LogP contribution < -0.4 is 9.64 Å². The second kappa shape index (κ2) is 7.98. The first-order valence-corrected chi connectivity index (χ1v) is 9.57. The Hall–Kier alpha value is -2.57. The molecule has 7 heteroatoms. The van der Waals surface area contributed by atoms with Crippen LogP contribution in [0.15, 0.2) is 18.2 Å². The molecule has 1 aromatic rings. The molecule has 0 aliphatic carbocycles. The largest absolute Gasteiger partial charge is 0.482 e. The molecule has 27 heavy (non-hydrogen) atoms. The number of anilines is 1. The zero-order valence-corrected chi connectivity index (χ0v) is 16.2. The van der Waals surface area contributed by atoms with Crippen LogP contribution in [-0.4, -0.2) is 67.4 Å². The SMILES string of the molecule is CCC(CC)C(=O)N1CCN(C(=O)c2ccc3c(c2)N(C)C(=O)CO3)CC1. The van der Waals surface area contributed by atoms with Gasteiger partial charge in [0.2, 0.25) is 5.91 Å². The number of carbonyl (C=O) groups excluding carboxylic acids is 3. The zero-order chi connectivity index (χ0) is 19.6. The Morgan fingerprint density at radius 2 is 1.70 bits per heavy atom. The molecule has 0 unspecified atom stereocenters. The first kappa shape index (κ1) is 19.2. The fourth-order valence-corrected chi connectivity index (χ4v) is 3.61. The number of likely N-dealkylation sites (N-methyl/N-ethyl adjacent to an activating group) is 1. The lowest BCUT2D eigenvalue weighted by atomic mass is 10.0. The molecular weight excluding hydrogens is 346 g/mol. The molecule has 1 saturated heterocycles. The Morgan fingerprint density at radius 3 is 2.33 bits per heavy atom. The summed E-state index contributed by atoms with van der Waals surface area (Å²) >= 11 is 0. The Kier molecular flexibility index (Phi) is 5.68. The van der Waals surface area contributed by atoms with Gasteiger partial charge in [0.1, 0.15) is 5.75 Å². The predicted molar refractivity (Wildman–Crippen MR) is 102 cm³/mol. The molecule has 146 valence electrons. The highest BCUT2D eigenvalue weighted by molar-refractivity contribution is 6.01. The molecule has 1 fully saturated rings. The third-order valence-electron chi connectivity index (χ3n) is 5.51. The predicted octanol–water partition coefficient (Wildman–Crippen LogP) is 1.76. The number of amides is 3. The van der Waals surface area contributed by atoms with Crippen molar-refractivity contribution in [2.24, 2.45) is 5.92 Å². The van der Waals surface area contributed by atoms with E-state index < -0.39 is 0 Å². The number of benzene rings is 1. The molecule has 0 radical (unpaired) electrons. The molecule has 0 atom stereocenters. The normalized spacial score (nSPS) is 17.0. The number of piperazine rings is 1. The summed E-state index contributed by atoms with van der Waals surface area (Å²) in [5.74, 6) is 0.646. The molecule has 2 heterocycles. The van der Waals surface area contributed by atoms with Gasteiger partial charge in [-0.1, -0.05) is 13.8 Å². The van der Waals surface area contributed by atoms with E-state index in [1.807, 2.05) is 18.7 Å². The van der Waals surface area contributed by atoms with Gasteiger partial charge in [0.25, 0.3) is 11.8 Å². The van der Waals surface area contributed by atoms with Crippen LogP contribution in [0.2, 0.25) is 0 Å². The maximum absolute atomic E-state index is 12.9. The molecule has 2 aliphatic rings. The standard InChI is InChI=1S/C20H27N3O4/c1-4-14(5-2)19(25)22-8-10-23(11-9-22)20(26)15-6-7-17-16(12-15)21(3)18(24)13-27-17/h6-7,12,14H,4-5,8-11,13H2,1-3H3. The van der Waals surface area contributed by atoms with E-state index in [0.29, 0.717) is 43.2 Å². The zero-order valence-electron chi connectivity index (χ0n) is 16.2. The molecule has 3 amide bonds. The summed E-state index contributed by atoms with van der Waals surface area (Å²) in [5.41, 5.74) is 1.14. The second-order valence-corrected chi connectivity index (χ2v) is 7.05. The van der Waals surface area contributed by atoms with Crippen LogP contribution >= 0.6 is 0 Å². The molecule has 1 aromatic carbocycles. The highest BCUT2D eigenvalue weighted by Crippen LogP contribution is 2.32. The molecule has 0 saturated carbocycles. The van der Waals surface area contributed by atoms with Crippen molar-refractivity contribution >= 4 is 23.4 Å². The number of hydrogen-bond acceptors (Lipinski definition) is 4. The van der Waals surface area contributed by atoms with Crippen LogP contribution in [0, 0.1) is 5.92 Å². The van der Waals surface area contributed by atoms with E-state index in [4.69, 9.17) is 4.74 Å². The summed E-state index contributed by atoms with van der Waals surface area (Å²) < 4.78 is 5.41. The van der Waals surface area contributed by atoms with Crippen LogP contribution in [0.3, 0.4) is 0 Å². The second-order valence-electron chi connectivity index (χ2n) is 7.05. The first-order chi connectivity index (χ1) is 13.0. The van der Waals surface area contributed by atoms with Crippen molar-refractivity contribution in [3.8, 4) is 5.75 Å². The summed E-state index contributed by atoms with van der Waals surface area (Å²) in [5, 5.41) is 0. The Morgan fingerprint density at radius 1 is 1.07 bits per heavy atom. The van der Waals surface area contributed by atoms with Gasteiger partial charge in [-0.25, -0.2) is 0 Å². The number of carbonyl (C=O) groups is 3. The molecular formula is C20H27N3O4. The van der Waals surface area contributed by atoms with Gasteiger partial charge in [-0.05, 0) is 31.0 Å². The van der Waals surface area contributed by atoms with E-state index in [0.717, 1.165) is 12.8 Å². The number of ether oxygens (including phenoxy) is 1. The van der Waals surface area contributed by atoms with Crippen LogP contribution in [0.25, 0.3) is 0 Å². The third kappa shape index (κ3) is 3.77. The summed E-state index contributed by atoms with van der Waals surface area (Å²) in [7, 11) is 1.68. The summed E-state index contributed by atoms with van der Waals surface area (Å²) in [4.78, 5) is 42.3. The van der Waals surface area contributed by atoms with Crippen molar-refractivity contribution in [3.63, 3.8) is 0 Å². The average Bonchev–Trinajstić information content (AvgIpc) is 2.71. The summed E-state index contributed by atoms with van der Waals surface area (Å²) in [6.45, 7) is 6.26. The van der Waals surface area contributed by atoms with E-state index >= 15 is 0 Å². The Balaban J connectivity index is 1.66. The van der Waals surface area contributed by atoms with Gasteiger partial charge < -0.3 is 19.4 Å². The van der Waals surface area contributed by atoms with Crippen LogP contribution in [-0.2, 0) is 9.59 Å². The third-order valence-corrected chi connectivity index (χ3v) is 5.51. The van der Waals surface area contributed by atoms with Gasteiger partial charge in [0.05, 0.1) is 5.69 Å². The minimum atomic E-state index is -0.138. The topological polar surface area (TPSA) is 70.2 Å². The van der Waals surface area contributed by atoms with Gasteiger partial charge >= 0.3 is 0 Å².